The molecule has 0 aliphatic carbocycles. The molecule has 3 nitrogen and oxygen atoms in total. The number of rotatable bonds is 3. The highest BCUT2D eigenvalue weighted by Crippen LogP contribution is 2.11. The molecule has 12 heavy (non-hydrogen) atoms. The second-order valence-corrected chi connectivity index (χ2v) is 4.35. The van der Waals surface area contributed by atoms with Gasteiger partial charge in [-0.2, -0.15) is 0 Å². The van der Waals surface area contributed by atoms with E-state index in [1.165, 1.54) is 6.08 Å². The van der Waals surface area contributed by atoms with Crippen molar-refractivity contribution in [3.63, 3.8) is 0 Å². The SMILES string of the molecule is O=S1(=O)C=CC(OCC(F)F)C1. The minimum absolute atomic E-state index is 0.222. The van der Waals surface area contributed by atoms with E-state index in [1.54, 1.807) is 0 Å². The summed E-state index contributed by atoms with van der Waals surface area (Å²) in [5.74, 6) is -0.222. The van der Waals surface area contributed by atoms with E-state index < -0.39 is 29.0 Å². The van der Waals surface area contributed by atoms with Gasteiger partial charge in [-0.25, -0.2) is 17.2 Å². The number of alkyl halides is 2. The van der Waals surface area contributed by atoms with Gasteiger partial charge in [0.15, 0.2) is 9.84 Å². The summed E-state index contributed by atoms with van der Waals surface area (Å²) in [7, 11) is -3.19. The molecule has 1 atom stereocenters. The first-order valence-electron chi connectivity index (χ1n) is 3.30. The lowest BCUT2D eigenvalue weighted by Gasteiger charge is -2.07. The quantitative estimate of drug-likeness (QED) is 0.666. The lowest BCUT2D eigenvalue weighted by atomic mass is 10.4. The molecule has 0 saturated carbocycles. The molecule has 0 radical (unpaired) electrons. The zero-order valence-electron chi connectivity index (χ0n) is 6.11. The molecule has 0 saturated heterocycles. The van der Waals surface area contributed by atoms with Crippen molar-refractivity contribution in [2.75, 3.05) is 12.4 Å². The Labute approximate surface area is 68.9 Å². The smallest absolute Gasteiger partial charge is 0.261 e. The normalized spacial score (nSPS) is 26.8. The maximum Gasteiger partial charge on any atom is 0.261 e. The highest BCUT2D eigenvalue weighted by Gasteiger charge is 2.22. The van der Waals surface area contributed by atoms with Crippen molar-refractivity contribution in [1.29, 1.82) is 0 Å². The van der Waals surface area contributed by atoms with Gasteiger partial charge in [-0.05, 0) is 6.08 Å². The molecular weight excluding hydrogens is 190 g/mol. The molecule has 1 aliphatic heterocycles. The zero-order chi connectivity index (χ0) is 9.19. The van der Waals surface area contributed by atoms with Gasteiger partial charge < -0.3 is 4.74 Å². The van der Waals surface area contributed by atoms with E-state index in [4.69, 9.17) is 0 Å². The van der Waals surface area contributed by atoms with Gasteiger partial charge in [-0.15, -0.1) is 0 Å². The van der Waals surface area contributed by atoms with Crippen LogP contribution in [0.5, 0.6) is 0 Å². The lowest BCUT2D eigenvalue weighted by Crippen LogP contribution is -2.18. The second kappa shape index (κ2) is 3.49. The van der Waals surface area contributed by atoms with Crippen LogP contribution >= 0.6 is 0 Å². The fraction of sp³-hybridized carbons (Fsp3) is 0.667. The zero-order valence-corrected chi connectivity index (χ0v) is 6.93. The number of hydrogen-bond donors (Lipinski definition) is 0. The van der Waals surface area contributed by atoms with Crippen LogP contribution in [-0.4, -0.2) is 33.3 Å². The van der Waals surface area contributed by atoms with Crippen molar-refractivity contribution in [3.8, 4) is 0 Å². The number of halogens is 2. The Bertz CT molecular complexity index is 271. The molecule has 0 N–H and O–H groups in total. The molecule has 1 aliphatic rings. The number of hydrogen-bond acceptors (Lipinski definition) is 3. The Balaban J connectivity index is 2.35. The average Bonchev–Trinajstić information content (AvgIpc) is 2.26. The van der Waals surface area contributed by atoms with Crippen LogP contribution in [0.2, 0.25) is 0 Å². The summed E-state index contributed by atoms with van der Waals surface area (Å²) in [5.41, 5.74) is 0. The summed E-state index contributed by atoms with van der Waals surface area (Å²) < 4.78 is 49.2. The molecule has 0 aromatic carbocycles. The molecule has 0 amide bonds. The van der Waals surface area contributed by atoms with E-state index >= 15 is 0 Å². The van der Waals surface area contributed by atoms with Crippen molar-refractivity contribution in [2.24, 2.45) is 0 Å². The summed E-state index contributed by atoms with van der Waals surface area (Å²) in [5, 5.41) is 0.989. The van der Waals surface area contributed by atoms with Gasteiger partial charge in [-0.1, -0.05) is 0 Å². The van der Waals surface area contributed by atoms with Gasteiger partial charge in [0.25, 0.3) is 6.43 Å². The molecule has 1 heterocycles. The van der Waals surface area contributed by atoms with Gasteiger partial charge in [0.2, 0.25) is 0 Å². The number of sulfone groups is 1. The average molecular weight is 198 g/mol. The largest absolute Gasteiger partial charge is 0.367 e. The minimum Gasteiger partial charge on any atom is -0.367 e. The van der Waals surface area contributed by atoms with Gasteiger partial charge in [-0.3, -0.25) is 0 Å². The van der Waals surface area contributed by atoms with Crippen LogP contribution in [0.25, 0.3) is 0 Å². The first kappa shape index (κ1) is 9.60. The van der Waals surface area contributed by atoms with Crippen molar-refractivity contribution >= 4 is 9.84 Å². The summed E-state index contributed by atoms with van der Waals surface area (Å²) in [6, 6.07) is 0. The molecule has 0 aromatic heterocycles. The third kappa shape index (κ3) is 2.86. The first-order valence-corrected chi connectivity index (χ1v) is 5.02. The summed E-state index contributed by atoms with van der Waals surface area (Å²) in [4.78, 5) is 0. The molecule has 70 valence electrons. The Hall–Kier alpha value is -0.490. The molecule has 0 bridgehead atoms. The predicted octanol–water partition coefficient (Wildman–Crippen LogP) is 0.579. The van der Waals surface area contributed by atoms with E-state index in [2.05, 4.69) is 4.74 Å². The molecule has 6 heteroatoms. The maximum absolute atomic E-state index is 11.6. The van der Waals surface area contributed by atoms with E-state index in [-0.39, 0.29) is 5.75 Å². The van der Waals surface area contributed by atoms with Crippen LogP contribution in [0.1, 0.15) is 0 Å². The van der Waals surface area contributed by atoms with Crippen LogP contribution in [0.4, 0.5) is 8.78 Å². The fourth-order valence-electron chi connectivity index (χ4n) is 0.847. The fourth-order valence-corrected chi connectivity index (χ4v) is 2.04. The second-order valence-electron chi connectivity index (χ2n) is 2.42. The Morgan fingerprint density at radius 2 is 2.25 bits per heavy atom. The molecule has 0 aromatic rings. The predicted molar refractivity (Wildman–Crippen MR) is 38.7 cm³/mol. The summed E-state index contributed by atoms with van der Waals surface area (Å²) >= 11 is 0. The van der Waals surface area contributed by atoms with E-state index in [9.17, 15) is 17.2 Å². The van der Waals surface area contributed by atoms with Crippen LogP contribution in [0.3, 0.4) is 0 Å². The van der Waals surface area contributed by atoms with Crippen LogP contribution in [-0.2, 0) is 14.6 Å². The van der Waals surface area contributed by atoms with Gasteiger partial charge >= 0.3 is 0 Å². The van der Waals surface area contributed by atoms with Crippen molar-refractivity contribution < 1.29 is 21.9 Å². The summed E-state index contributed by atoms with van der Waals surface area (Å²) in [6.07, 6.45) is -1.98. The molecule has 1 unspecified atom stereocenters. The Morgan fingerprint density at radius 3 is 2.67 bits per heavy atom. The summed E-state index contributed by atoms with van der Waals surface area (Å²) in [6.45, 7) is -0.718. The monoisotopic (exact) mass is 198 g/mol. The van der Waals surface area contributed by atoms with Crippen LogP contribution < -0.4 is 0 Å². The van der Waals surface area contributed by atoms with Crippen molar-refractivity contribution in [2.45, 2.75) is 12.5 Å². The molecule has 1 rings (SSSR count). The first-order chi connectivity index (χ1) is 5.49. The Morgan fingerprint density at radius 1 is 1.58 bits per heavy atom. The topological polar surface area (TPSA) is 43.4 Å². The maximum atomic E-state index is 11.6. The third-order valence-electron chi connectivity index (χ3n) is 1.33. The minimum atomic E-state index is -3.19. The van der Waals surface area contributed by atoms with E-state index in [0.29, 0.717) is 0 Å². The van der Waals surface area contributed by atoms with Crippen molar-refractivity contribution in [1.82, 2.24) is 0 Å². The van der Waals surface area contributed by atoms with Crippen molar-refractivity contribution in [3.05, 3.63) is 11.5 Å². The van der Waals surface area contributed by atoms with Gasteiger partial charge in [0.05, 0.1) is 11.9 Å². The standard InChI is InChI=1S/C6H8F2O3S/c7-6(8)3-11-5-1-2-12(9,10)4-5/h1-2,5-6H,3-4H2. The number of ether oxygens (including phenoxy) is 1. The van der Waals surface area contributed by atoms with Gasteiger partial charge in [0, 0.05) is 5.41 Å². The molecular formula is C6H8F2O3S. The van der Waals surface area contributed by atoms with Gasteiger partial charge in [0.1, 0.15) is 6.61 Å². The van der Waals surface area contributed by atoms with Crippen LogP contribution in [0.15, 0.2) is 11.5 Å². The third-order valence-corrected chi connectivity index (χ3v) is 2.70. The van der Waals surface area contributed by atoms with Crippen LogP contribution in [0, 0.1) is 0 Å². The Kier molecular flexibility index (Phi) is 2.79. The molecule has 0 fully saturated rings. The van der Waals surface area contributed by atoms with E-state index in [0.717, 1.165) is 5.41 Å². The lowest BCUT2D eigenvalue weighted by molar-refractivity contribution is 0.000930. The van der Waals surface area contributed by atoms with E-state index in [1.807, 2.05) is 0 Å². The molecule has 0 spiro atoms. The highest BCUT2D eigenvalue weighted by molar-refractivity contribution is 7.94. The highest BCUT2D eigenvalue weighted by atomic mass is 32.2.